The third-order valence-electron chi connectivity index (χ3n) is 5.83. The fraction of sp³-hybridized carbons (Fsp3) is 0.433. The molecule has 0 aliphatic carbocycles. The second-order valence-electron chi connectivity index (χ2n) is 11.1. The molecule has 0 aliphatic rings. The fourth-order valence-electron chi connectivity index (χ4n) is 3.33. The van der Waals surface area contributed by atoms with E-state index in [-0.39, 0.29) is 12.2 Å². The lowest BCUT2D eigenvalue weighted by molar-refractivity contribution is -0.144. The van der Waals surface area contributed by atoms with Gasteiger partial charge < -0.3 is 24.8 Å². The van der Waals surface area contributed by atoms with Gasteiger partial charge in [-0.3, -0.25) is 4.79 Å². The fourth-order valence-corrected chi connectivity index (χ4v) is 3.64. The Hall–Kier alpha value is -4.04. The van der Waals surface area contributed by atoms with Gasteiger partial charge in [0, 0.05) is 22.9 Å². The Labute approximate surface area is 242 Å². The zero-order chi connectivity index (χ0) is 31.0. The summed E-state index contributed by atoms with van der Waals surface area (Å²) < 4.78 is 38.7. The maximum atomic E-state index is 13.0. The summed E-state index contributed by atoms with van der Waals surface area (Å²) in [5.74, 6) is 5.29. The van der Waals surface area contributed by atoms with E-state index < -0.39 is 50.2 Å². The number of carbonyl (C=O) groups is 3. The molecule has 10 nitrogen and oxygen atoms in total. The van der Waals surface area contributed by atoms with Crippen LogP contribution in [0.1, 0.15) is 63.0 Å². The van der Waals surface area contributed by atoms with Crippen LogP contribution < -0.4 is 15.4 Å². The third-order valence-corrected chi connectivity index (χ3v) is 7.42. The minimum Gasteiger partial charge on any atom is -0.492 e. The van der Waals surface area contributed by atoms with Gasteiger partial charge in [-0.2, -0.15) is 0 Å². The van der Waals surface area contributed by atoms with Gasteiger partial charge in [0.25, 0.3) is 5.91 Å². The van der Waals surface area contributed by atoms with E-state index in [1.165, 1.54) is 13.4 Å². The van der Waals surface area contributed by atoms with Gasteiger partial charge in [-0.15, -0.1) is 0 Å². The van der Waals surface area contributed by atoms with Gasteiger partial charge in [0.1, 0.15) is 24.0 Å². The Morgan fingerprint density at radius 2 is 1.41 bits per heavy atom. The van der Waals surface area contributed by atoms with Crippen LogP contribution in [0.4, 0.5) is 4.79 Å². The quantitative estimate of drug-likeness (QED) is 0.337. The smallest absolute Gasteiger partial charge is 0.408 e. The number of ether oxygens (including phenoxy) is 3. The molecule has 0 spiro atoms. The lowest BCUT2D eigenvalue weighted by Gasteiger charge is -2.34. The molecule has 0 saturated carbocycles. The predicted molar refractivity (Wildman–Crippen MR) is 155 cm³/mol. The minimum atomic E-state index is -3.17. The zero-order valence-corrected chi connectivity index (χ0v) is 25.5. The van der Waals surface area contributed by atoms with Crippen molar-refractivity contribution in [3.05, 3.63) is 65.2 Å². The van der Waals surface area contributed by atoms with Gasteiger partial charge in [0.05, 0.1) is 17.9 Å². The first-order chi connectivity index (χ1) is 18.9. The Morgan fingerprint density at radius 3 is 1.88 bits per heavy atom. The van der Waals surface area contributed by atoms with Crippen molar-refractivity contribution >= 4 is 27.8 Å². The van der Waals surface area contributed by atoms with E-state index in [0.717, 1.165) is 5.56 Å². The Bertz CT molecular complexity index is 1400. The van der Waals surface area contributed by atoms with Crippen molar-refractivity contribution in [1.82, 2.24) is 10.6 Å². The topological polar surface area (TPSA) is 137 Å². The monoisotopic (exact) mass is 586 g/mol. The second-order valence-corrected chi connectivity index (χ2v) is 13.5. The summed E-state index contributed by atoms with van der Waals surface area (Å²) in [6.45, 7) is 9.94. The maximum Gasteiger partial charge on any atom is 0.408 e. The first-order valence-electron chi connectivity index (χ1n) is 12.8. The van der Waals surface area contributed by atoms with E-state index >= 15 is 0 Å². The molecular weight excluding hydrogens is 548 g/mol. The summed E-state index contributed by atoms with van der Waals surface area (Å²) in [6, 6.07) is 12.2. The minimum absolute atomic E-state index is 0.0575. The average molecular weight is 587 g/mol. The van der Waals surface area contributed by atoms with Gasteiger partial charge >= 0.3 is 12.1 Å². The lowest BCUT2D eigenvalue weighted by Crippen LogP contribution is -2.62. The highest BCUT2D eigenvalue weighted by atomic mass is 32.2. The third kappa shape index (κ3) is 10.8. The van der Waals surface area contributed by atoms with Crippen LogP contribution in [0.5, 0.6) is 5.75 Å². The Morgan fingerprint density at radius 1 is 0.902 bits per heavy atom. The van der Waals surface area contributed by atoms with Crippen LogP contribution in [0.25, 0.3) is 0 Å². The van der Waals surface area contributed by atoms with Crippen molar-refractivity contribution in [2.75, 3.05) is 20.0 Å². The number of alkyl carbamates (subject to hydrolysis) is 1. The molecule has 2 atom stereocenters. The highest BCUT2D eigenvalue weighted by Gasteiger charge is 2.40. The largest absolute Gasteiger partial charge is 0.492 e. The van der Waals surface area contributed by atoms with E-state index in [0.29, 0.717) is 11.3 Å². The van der Waals surface area contributed by atoms with Gasteiger partial charge in [-0.1, -0.05) is 11.8 Å². The summed E-state index contributed by atoms with van der Waals surface area (Å²) in [5, 5.41) is 4.64. The van der Waals surface area contributed by atoms with Gasteiger partial charge in [-0.05, 0) is 90.1 Å². The van der Waals surface area contributed by atoms with Gasteiger partial charge in [0.15, 0.2) is 9.84 Å². The number of sulfone groups is 1. The summed E-state index contributed by atoms with van der Waals surface area (Å²) in [5.41, 5.74) is -0.325. The Kier molecular flexibility index (Phi) is 11.0. The summed E-state index contributed by atoms with van der Waals surface area (Å²) in [7, 11) is -1.98. The van der Waals surface area contributed by atoms with E-state index in [9.17, 15) is 22.8 Å². The zero-order valence-electron chi connectivity index (χ0n) is 24.7. The number of methoxy groups -OCH3 is 1. The molecule has 41 heavy (non-hydrogen) atoms. The van der Waals surface area contributed by atoms with Crippen molar-refractivity contribution in [3.63, 3.8) is 0 Å². The molecule has 0 aromatic heterocycles. The molecule has 1 unspecified atom stereocenters. The molecule has 2 aromatic rings. The molecule has 0 saturated heterocycles. The van der Waals surface area contributed by atoms with Crippen molar-refractivity contribution in [2.24, 2.45) is 0 Å². The van der Waals surface area contributed by atoms with Crippen LogP contribution in [-0.2, 0) is 24.1 Å². The molecule has 2 amide bonds. The van der Waals surface area contributed by atoms with Crippen LogP contribution in [0.3, 0.4) is 0 Å². The normalized spacial score (nSPS) is 13.1. The van der Waals surface area contributed by atoms with Crippen LogP contribution in [0.15, 0.2) is 48.5 Å². The number of amides is 2. The molecule has 222 valence electrons. The molecular formula is C30H38N2O8S. The maximum absolute atomic E-state index is 13.0. The lowest BCUT2D eigenvalue weighted by atomic mass is 9.94. The number of hydrogen-bond acceptors (Lipinski definition) is 8. The Balaban J connectivity index is 2.07. The van der Waals surface area contributed by atoms with Crippen molar-refractivity contribution < 1.29 is 37.0 Å². The molecule has 11 heteroatoms. The summed E-state index contributed by atoms with van der Waals surface area (Å²) >= 11 is 0. The van der Waals surface area contributed by atoms with Crippen LogP contribution >= 0.6 is 0 Å². The number of rotatable bonds is 9. The first kappa shape index (κ1) is 33.2. The second kappa shape index (κ2) is 13.5. The van der Waals surface area contributed by atoms with Crippen molar-refractivity contribution in [2.45, 2.75) is 64.0 Å². The van der Waals surface area contributed by atoms with Gasteiger partial charge in [0.2, 0.25) is 0 Å². The molecule has 0 aliphatic heterocycles. The molecule has 0 heterocycles. The average Bonchev–Trinajstić information content (AvgIpc) is 2.87. The molecule has 0 radical (unpaired) electrons. The van der Waals surface area contributed by atoms with Crippen LogP contribution in [-0.4, -0.2) is 68.8 Å². The van der Waals surface area contributed by atoms with Crippen molar-refractivity contribution in [3.8, 4) is 17.6 Å². The highest BCUT2D eigenvalue weighted by Crippen LogP contribution is 2.16. The standard InChI is InChI=1S/C30H38N2O8S/c1-20(41(8,36)37)19-39-24-17-13-22(14-18-24)10-9-21-11-15-23(16-12-21)26(33)31-25(27(34)38-7)30(5,6)32-28(35)40-29(2,3)4/h11-18,20,25H,19H2,1-8H3,(H,31,33)(H,32,35)/t20?,25-/m1/s1. The van der Waals surface area contributed by atoms with Crippen LogP contribution in [0.2, 0.25) is 0 Å². The predicted octanol–water partition coefficient (Wildman–Crippen LogP) is 3.47. The molecule has 2 aromatic carbocycles. The summed E-state index contributed by atoms with van der Waals surface area (Å²) in [6.07, 6.45) is 0.433. The van der Waals surface area contributed by atoms with E-state index in [1.54, 1.807) is 90.1 Å². The number of esters is 1. The molecule has 0 bridgehead atoms. The van der Waals surface area contributed by atoms with E-state index in [2.05, 4.69) is 22.5 Å². The van der Waals surface area contributed by atoms with Gasteiger partial charge in [-0.25, -0.2) is 18.0 Å². The van der Waals surface area contributed by atoms with Crippen LogP contribution in [0, 0.1) is 11.8 Å². The number of nitrogens with one attached hydrogen (secondary N) is 2. The molecule has 0 fully saturated rings. The molecule has 2 N–H and O–H groups in total. The van der Waals surface area contributed by atoms with E-state index in [1.807, 2.05) is 0 Å². The van der Waals surface area contributed by atoms with Crippen molar-refractivity contribution in [1.29, 1.82) is 0 Å². The molecule has 2 rings (SSSR count). The number of carbonyl (C=O) groups excluding carboxylic acids is 3. The summed E-state index contributed by atoms with van der Waals surface area (Å²) in [4.78, 5) is 37.8. The van der Waals surface area contributed by atoms with E-state index in [4.69, 9.17) is 14.2 Å². The highest BCUT2D eigenvalue weighted by molar-refractivity contribution is 7.91. The first-order valence-corrected chi connectivity index (χ1v) is 14.8. The SMILES string of the molecule is COC(=O)[C@@H](NC(=O)c1ccc(C#Cc2ccc(OCC(C)S(C)(=O)=O)cc2)cc1)C(C)(C)NC(=O)OC(C)(C)C. The number of hydrogen-bond donors (Lipinski definition) is 2. The number of benzene rings is 2.